The van der Waals surface area contributed by atoms with Crippen LogP contribution in [0.2, 0.25) is 0 Å². The van der Waals surface area contributed by atoms with Gasteiger partial charge < -0.3 is 0 Å². The molecular weight excluding hydrogens is 260 g/mol. The van der Waals surface area contributed by atoms with Crippen LogP contribution in [0, 0.1) is 23.2 Å². The van der Waals surface area contributed by atoms with Crippen LogP contribution in [0.4, 0.5) is 0 Å². The van der Waals surface area contributed by atoms with Crippen LogP contribution in [0.15, 0.2) is 48.6 Å². The minimum Gasteiger partial charge on any atom is -0.294 e. The third-order valence-electron chi connectivity index (χ3n) is 5.12. The van der Waals surface area contributed by atoms with Gasteiger partial charge in [-0.1, -0.05) is 37.3 Å². The van der Waals surface area contributed by atoms with Gasteiger partial charge in [0.15, 0.2) is 11.6 Å². The smallest absolute Gasteiger partial charge is 0.162 e. The summed E-state index contributed by atoms with van der Waals surface area (Å²) in [7, 11) is 0. The summed E-state index contributed by atoms with van der Waals surface area (Å²) in [6.45, 7) is 13.8. The van der Waals surface area contributed by atoms with Crippen molar-refractivity contribution in [3.8, 4) is 0 Å². The average molecular weight is 284 g/mol. The fraction of sp³-hybridized carbons (Fsp3) is 0.474. The van der Waals surface area contributed by atoms with Crippen molar-refractivity contribution in [2.75, 3.05) is 0 Å². The number of hydrogen-bond donors (Lipinski definition) is 0. The summed E-state index contributed by atoms with van der Waals surface area (Å²) >= 11 is 0. The molecule has 2 nitrogen and oxygen atoms in total. The average Bonchev–Trinajstić information content (AvgIpc) is 2.43. The molecule has 0 radical (unpaired) electrons. The van der Waals surface area contributed by atoms with Crippen LogP contribution in [-0.2, 0) is 9.59 Å². The highest BCUT2D eigenvalue weighted by atomic mass is 16.1. The van der Waals surface area contributed by atoms with E-state index in [0.717, 1.165) is 24.0 Å². The first-order chi connectivity index (χ1) is 9.81. The summed E-state index contributed by atoms with van der Waals surface area (Å²) in [5.74, 6) is -0.467. The number of ketones is 2. The quantitative estimate of drug-likeness (QED) is 0.733. The fourth-order valence-corrected chi connectivity index (χ4v) is 3.67. The van der Waals surface area contributed by atoms with Crippen molar-refractivity contribution < 1.29 is 9.59 Å². The van der Waals surface area contributed by atoms with E-state index in [-0.39, 0.29) is 34.7 Å². The lowest BCUT2D eigenvalue weighted by atomic mass is 9.57. The van der Waals surface area contributed by atoms with Crippen molar-refractivity contribution in [1.82, 2.24) is 0 Å². The van der Waals surface area contributed by atoms with E-state index in [2.05, 4.69) is 13.2 Å². The van der Waals surface area contributed by atoms with Crippen LogP contribution in [0.1, 0.15) is 33.6 Å². The molecule has 2 rings (SSSR count). The zero-order chi connectivity index (χ0) is 15.8. The number of Topliss-reactive ketones (excluding diaryl/α,β-unsaturated/α-hetero) is 1. The summed E-state index contributed by atoms with van der Waals surface area (Å²) < 4.78 is 0. The van der Waals surface area contributed by atoms with Crippen LogP contribution < -0.4 is 0 Å². The molecule has 2 aliphatic rings. The molecule has 0 bridgehead atoms. The molecule has 1 unspecified atom stereocenters. The molecule has 2 heteroatoms. The van der Waals surface area contributed by atoms with E-state index in [4.69, 9.17) is 0 Å². The van der Waals surface area contributed by atoms with E-state index >= 15 is 0 Å². The van der Waals surface area contributed by atoms with Crippen molar-refractivity contribution in [2.45, 2.75) is 33.6 Å². The Morgan fingerprint density at radius 3 is 2.67 bits per heavy atom. The molecule has 4 atom stereocenters. The predicted molar refractivity (Wildman–Crippen MR) is 85.7 cm³/mol. The standard InChI is InChI=1S/C19H24O2/c1-6-19(5)11-7-8-15(20)17(19)16-14(12(2)3)10-9-13(4)18(16)21/h6-9,14,16-17H,1-2,10-11H2,3-5H3/t14-,16+,17-,19?/m1/s1. The Kier molecular flexibility index (Phi) is 4.18. The molecule has 0 saturated heterocycles. The minimum atomic E-state index is -0.364. The highest BCUT2D eigenvalue weighted by Gasteiger charge is 2.49. The van der Waals surface area contributed by atoms with Crippen LogP contribution in [0.5, 0.6) is 0 Å². The summed E-state index contributed by atoms with van der Waals surface area (Å²) in [6.07, 6.45) is 8.89. The van der Waals surface area contributed by atoms with Gasteiger partial charge in [-0.15, -0.1) is 6.58 Å². The van der Waals surface area contributed by atoms with Crippen molar-refractivity contribution in [1.29, 1.82) is 0 Å². The van der Waals surface area contributed by atoms with Gasteiger partial charge in [0.25, 0.3) is 0 Å². The summed E-state index contributed by atoms with van der Waals surface area (Å²) in [4.78, 5) is 25.3. The van der Waals surface area contributed by atoms with E-state index < -0.39 is 0 Å². The molecule has 2 aliphatic carbocycles. The van der Waals surface area contributed by atoms with Crippen LogP contribution in [0.3, 0.4) is 0 Å². The number of rotatable bonds is 3. The van der Waals surface area contributed by atoms with Crippen LogP contribution in [-0.4, -0.2) is 11.6 Å². The van der Waals surface area contributed by atoms with Gasteiger partial charge >= 0.3 is 0 Å². The fourth-order valence-electron chi connectivity index (χ4n) is 3.67. The van der Waals surface area contributed by atoms with Crippen molar-refractivity contribution >= 4 is 11.6 Å². The zero-order valence-electron chi connectivity index (χ0n) is 13.2. The lowest BCUT2D eigenvalue weighted by molar-refractivity contribution is -0.134. The molecule has 0 spiro atoms. The molecule has 0 N–H and O–H groups in total. The molecule has 0 saturated carbocycles. The molecule has 0 amide bonds. The lowest BCUT2D eigenvalue weighted by Gasteiger charge is -2.44. The molecule has 0 aromatic heterocycles. The molecular formula is C19H24O2. The SMILES string of the molecule is C=CC1(C)CC=CC(=O)[C@@H]1[C@H]1C(=O)C(C)=CC[C@@H]1C(=C)C. The Hall–Kier alpha value is -1.70. The highest BCUT2D eigenvalue weighted by Crippen LogP contribution is 2.48. The van der Waals surface area contributed by atoms with Gasteiger partial charge in [-0.3, -0.25) is 9.59 Å². The second-order valence-corrected chi connectivity index (χ2v) is 6.66. The van der Waals surface area contributed by atoms with E-state index in [1.165, 1.54) is 0 Å². The molecule has 0 aromatic carbocycles. The van der Waals surface area contributed by atoms with Crippen molar-refractivity contribution in [3.05, 3.63) is 48.6 Å². The van der Waals surface area contributed by atoms with Gasteiger partial charge in [0, 0.05) is 11.8 Å². The maximum atomic E-state index is 12.8. The van der Waals surface area contributed by atoms with Crippen molar-refractivity contribution in [3.63, 3.8) is 0 Å². The van der Waals surface area contributed by atoms with Gasteiger partial charge in [-0.2, -0.15) is 0 Å². The maximum absolute atomic E-state index is 12.8. The molecule has 21 heavy (non-hydrogen) atoms. The summed E-state index contributed by atoms with van der Waals surface area (Å²) in [6, 6.07) is 0. The van der Waals surface area contributed by atoms with Crippen molar-refractivity contribution in [2.24, 2.45) is 23.2 Å². The summed E-state index contributed by atoms with van der Waals surface area (Å²) in [5, 5.41) is 0. The number of allylic oxidation sites excluding steroid dienone is 6. The Bertz CT molecular complexity index is 564. The first-order valence-electron chi connectivity index (χ1n) is 7.52. The van der Waals surface area contributed by atoms with Gasteiger partial charge in [-0.25, -0.2) is 0 Å². The largest absolute Gasteiger partial charge is 0.294 e. The first kappa shape index (κ1) is 15.7. The Balaban J connectivity index is 2.53. The second kappa shape index (κ2) is 5.59. The van der Waals surface area contributed by atoms with E-state index in [1.807, 2.05) is 39.0 Å². The third kappa shape index (κ3) is 2.59. The molecule has 0 aliphatic heterocycles. The Labute approximate surface area is 127 Å². The van der Waals surface area contributed by atoms with Gasteiger partial charge in [-0.05, 0) is 49.7 Å². The van der Waals surface area contributed by atoms with Gasteiger partial charge in [0.1, 0.15) is 0 Å². The molecule has 0 fully saturated rings. The van der Waals surface area contributed by atoms with Crippen LogP contribution >= 0.6 is 0 Å². The minimum absolute atomic E-state index is 0.0425. The molecule has 0 heterocycles. The Morgan fingerprint density at radius 1 is 1.43 bits per heavy atom. The lowest BCUT2D eigenvalue weighted by Crippen LogP contribution is -2.46. The molecule has 0 aromatic rings. The van der Waals surface area contributed by atoms with E-state index in [9.17, 15) is 9.59 Å². The normalized spacial score (nSPS) is 36.3. The Morgan fingerprint density at radius 2 is 2.10 bits per heavy atom. The third-order valence-corrected chi connectivity index (χ3v) is 5.12. The monoisotopic (exact) mass is 284 g/mol. The van der Waals surface area contributed by atoms with Gasteiger partial charge in [0.05, 0.1) is 0 Å². The number of carbonyl (C=O) groups is 2. The van der Waals surface area contributed by atoms with Crippen LogP contribution in [0.25, 0.3) is 0 Å². The topological polar surface area (TPSA) is 34.1 Å². The maximum Gasteiger partial charge on any atom is 0.162 e. The number of hydrogen-bond acceptors (Lipinski definition) is 2. The van der Waals surface area contributed by atoms with E-state index in [0.29, 0.717) is 0 Å². The second-order valence-electron chi connectivity index (χ2n) is 6.66. The number of carbonyl (C=O) groups excluding carboxylic acids is 2. The van der Waals surface area contributed by atoms with Gasteiger partial charge in [0.2, 0.25) is 0 Å². The first-order valence-corrected chi connectivity index (χ1v) is 7.52. The molecule has 112 valence electrons. The zero-order valence-corrected chi connectivity index (χ0v) is 13.2. The highest BCUT2D eigenvalue weighted by molar-refractivity contribution is 6.03. The summed E-state index contributed by atoms with van der Waals surface area (Å²) in [5.41, 5.74) is 1.38. The predicted octanol–water partition coefficient (Wildman–Crippen LogP) is 4.05. The van der Waals surface area contributed by atoms with E-state index in [1.54, 1.807) is 6.08 Å².